The number of hydrogen-bond donors (Lipinski definition) is 2. The summed E-state index contributed by atoms with van der Waals surface area (Å²) in [5, 5.41) is 13.5. The number of carbonyl (C=O) groups is 2. The number of nitrogens with one attached hydrogen (secondary N) is 1. The van der Waals surface area contributed by atoms with Crippen molar-refractivity contribution in [1.82, 2.24) is 5.32 Å². The van der Waals surface area contributed by atoms with Crippen molar-refractivity contribution >= 4 is 28.4 Å². The Hall–Kier alpha value is -4.42. The van der Waals surface area contributed by atoms with Gasteiger partial charge in [0, 0.05) is 17.4 Å². The van der Waals surface area contributed by atoms with Gasteiger partial charge in [0.25, 0.3) is 0 Å². The standard InChI is InChI=1S/C35H35NO5/c1-2-3-17-30-29(28-16-10-11-18-31(28)41-30)20-22-35(36-33(37)34(38)39)21-19-27(26-14-8-5-9-15-26)23-32(35)40-24-25-12-6-4-7-13-25/h4-16,18-19,21,23,32H,2-3,17,20,22,24H2,1H3,(H,36,37)(H,38,39). The zero-order chi connectivity index (χ0) is 28.7. The van der Waals surface area contributed by atoms with Gasteiger partial charge in [0.2, 0.25) is 0 Å². The first-order chi connectivity index (χ1) is 20.0. The monoisotopic (exact) mass is 549 g/mol. The molecule has 0 fully saturated rings. The van der Waals surface area contributed by atoms with E-state index in [2.05, 4.69) is 18.3 Å². The third-order valence-corrected chi connectivity index (χ3v) is 7.65. The number of fused-ring (bicyclic) bond motifs is 1. The Balaban J connectivity index is 1.53. The molecule has 0 saturated carbocycles. The Morgan fingerprint density at radius 1 is 0.951 bits per heavy atom. The Bertz CT molecular complexity index is 1550. The van der Waals surface area contributed by atoms with Crippen molar-refractivity contribution < 1.29 is 23.8 Å². The zero-order valence-electron chi connectivity index (χ0n) is 23.2. The average molecular weight is 550 g/mol. The fraction of sp³-hybridized carbons (Fsp3) is 0.257. The molecule has 0 spiro atoms. The van der Waals surface area contributed by atoms with Crippen LogP contribution in [0.3, 0.4) is 0 Å². The number of amides is 1. The van der Waals surface area contributed by atoms with E-state index in [1.807, 2.05) is 97.1 Å². The van der Waals surface area contributed by atoms with Crippen LogP contribution in [0.4, 0.5) is 0 Å². The molecular formula is C35H35NO5. The number of carbonyl (C=O) groups excluding carboxylic acids is 1. The number of rotatable bonds is 11. The lowest BCUT2D eigenvalue weighted by molar-refractivity contribution is -0.151. The van der Waals surface area contributed by atoms with Crippen molar-refractivity contribution in [3.63, 3.8) is 0 Å². The highest BCUT2D eigenvalue weighted by Crippen LogP contribution is 2.36. The Morgan fingerprint density at radius 2 is 1.66 bits per heavy atom. The topological polar surface area (TPSA) is 88.8 Å². The number of furan rings is 1. The number of ether oxygens (including phenoxy) is 1. The molecule has 1 aliphatic carbocycles. The molecule has 4 aromatic rings. The van der Waals surface area contributed by atoms with Gasteiger partial charge in [-0.2, -0.15) is 0 Å². The van der Waals surface area contributed by atoms with Gasteiger partial charge in [-0.1, -0.05) is 104 Å². The van der Waals surface area contributed by atoms with E-state index in [4.69, 9.17) is 9.15 Å². The molecule has 6 heteroatoms. The van der Waals surface area contributed by atoms with Gasteiger partial charge in [-0.05, 0) is 48.1 Å². The van der Waals surface area contributed by atoms with E-state index in [-0.39, 0.29) is 0 Å². The molecular weight excluding hydrogens is 514 g/mol. The predicted molar refractivity (Wildman–Crippen MR) is 160 cm³/mol. The zero-order valence-corrected chi connectivity index (χ0v) is 23.2. The summed E-state index contributed by atoms with van der Waals surface area (Å²) in [4.78, 5) is 24.5. The van der Waals surface area contributed by atoms with Gasteiger partial charge in [0.15, 0.2) is 0 Å². The van der Waals surface area contributed by atoms with Crippen molar-refractivity contribution in [2.75, 3.05) is 0 Å². The third-order valence-electron chi connectivity index (χ3n) is 7.65. The number of para-hydroxylation sites is 1. The maximum Gasteiger partial charge on any atom is 0.394 e. The van der Waals surface area contributed by atoms with Gasteiger partial charge in [-0.3, -0.25) is 4.79 Å². The largest absolute Gasteiger partial charge is 0.474 e. The summed E-state index contributed by atoms with van der Waals surface area (Å²) in [5.74, 6) is -1.66. The second-order valence-corrected chi connectivity index (χ2v) is 10.4. The van der Waals surface area contributed by atoms with Crippen LogP contribution in [0.2, 0.25) is 0 Å². The fourth-order valence-electron chi connectivity index (χ4n) is 5.44. The molecule has 3 aromatic carbocycles. The molecule has 2 unspecified atom stereocenters. The van der Waals surface area contributed by atoms with Crippen LogP contribution in [-0.4, -0.2) is 28.6 Å². The number of aliphatic carboxylic acids is 1. The minimum atomic E-state index is -1.53. The van der Waals surface area contributed by atoms with Crippen LogP contribution in [0.1, 0.15) is 48.6 Å². The second kappa shape index (κ2) is 12.8. The van der Waals surface area contributed by atoms with Gasteiger partial charge < -0.3 is 19.6 Å². The second-order valence-electron chi connectivity index (χ2n) is 10.4. The van der Waals surface area contributed by atoms with Gasteiger partial charge in [-0.15, -0.1) is 0 Å². The van der Waals surface area contributed by atoms with Crippen LogP contribution in [0.5, 0.6) is 0 Å². The lowest BCUT2D eigenvalue weighted by atomic mass is 9.79. The molecule has 5 rings (SSSR count). The average Bonchev–Trinajstić information content (AvgIpc) is 3.36. The summed E-state index contributed by atoms with van der Waals surface area (Å²) in [6.45, 7) is 2.45. The van der Waals surface area contributed by atoms with E-state index in [9.17, 15) is 14.7 Å². The summed E-state index contributed by atoms with van der Waals surface area (Å²) < 4.78 is 12.8. The number of carboxylic acid groups (broad SMARTS) is 1. The molecule has 210 valence electrons. The van der Waals surface area contributed by atoms with Crippen molar-refractivity contribution in [3.8, 4) is 0 Å². The highest BCUT2D eigenvalue weighted by molar-refractivity contribution is 6.31. The summed E-state index contributed by atoms with van der Waals surface area (Å²) in [6, 6.07) is 27.7. The molecule has 1 aromatic heterocycles. The number of carboxylic acids is 1. The molecule has 0 bridgehead atoms. The molecule has 0 radical (unpaired) electrons. The number of hydrogen-bond acceptors (Lipinski definition) is 4. The molecule has 1 heterocycles. The Labute approximate surface area is 240 Å². The maximum atomic E-state index is 12.7. The molecule has 0 aliphatic heterocycles. The highest BCUT2D eigenvalue weighted by atomic mass is 16.5. The number of allylic oxidation sites excluding steroid dienone is 2. The minimum Gasteiger partial charge on any atom is -0.474 e. The van der Waals surface area contributed by atoms with Crippen LogP contribution in [0, 0.1) is 0 Å². The minimum absolute atomic E-state index is 0.305. The summed E-state index contributed by atoms with van der Waals surface area (Å²) in [7, 11) is 0. The van der Waals surface area contributed by atoms with E-state index in [0.717, 1.165) is 58.3 Å². The first-order valence-corrected chi connectivity index (χ1v) is 14.2. The van der Waals surface area contributed by atoms with Gasteiger partial charge in [0.1, 0.15) is 17.4 Å². The van der Waals surface area contributed by atoms with Gasteiger partial charge >= 0.3 is 11.9 Å². The molecule has 2 atom stereocenters. The van der Waals surface area contributed by atoms with Crippen molar-refractivity contribution in [1.29, 1.82) is 0 Å². The normalized spacial score (nSPS) is 18.3. The molecule has 1 aliphatic rings. The Morgan fingerprint density at radius 3 is 2.39 bits per heavy atom. The van der Waals surface area contributed by atoms with Crippen LogP contribution in [0.15, 0.2) is 108 Å². The van der Waals surface area contributed by atoms with E-state index < -0.39 is 23.5 Å². The number of aryl methyl sites for hydroxylation is 2. The number of benzene rings is 3. The van der Waals surface area contributed by atoms with Gasteiger partial charge in [0.05, 0.1) is 12.1 Å². The van der Waals surface area contributed by atoms with Crippen molar-refractivity contribution in [3.05, 3.63) is 126 Å². The number of unbranched alkanes of at least 4 members (excludes halogenated alkanes) is 1. The van der Waals surface area contributed by atoms with Crippen LogP contribution in [-0.2, 0) is 33.8 Å². The smallest absolute Gasteiger partial charge is 0.394 e. The maximum absolute atomic E-state index is 12.7. The quantitative estimate of drug-likeness (QED) is 0.199. The van der Waals surface area contributed by atoms with E-state index in [1.54, 1.807) is 0 Å². The SMILES string of the molecule is CCCCc1oc2ccccc2c1CCC1(NC(=O)C(=O)O)C=CC(c2ccccc2)=CC1OCc1ccccc1. The van der Waals surface area contributed by atoms with Crippen molar-refractivity contribution in [2.24, 2.45) is 0 Å². The van der Waals surface area contributed by atoms with Crippen LogP contribution < -0.4 is 5.32 Å². The lowest BCUT2D eigenvalue weighted by Crippen LogP contribution is -2.58. The summed E-state index contributed by atoms with van der Waals surface area (Å²) in [5.41, 5.74) is 3.77. The molecule has 0 saturated heterocycles. The van der Waals surface area contributed by atoms with E-state index >= 15 is 0 Å². The first-order valence-electron chi connectivity index (χ1n) is 14.2. The molecule has 6 nitrogen and oxygen atoms in total. The molecule has 2 N–H and O–H groups in total. The van der Waals surface area contributed by atoms with Crippen LogP contribution >= 0.6 is 0 Å². The fourth-order valence-corrected chi connectivity index (χ4v) is 5.44. The van der Waals surface area contributed by atoms with Gasteiger partial charge in [-0.25, -0.2) is 4.79 Å². The Kier molecular flexibility index (Phi) is 8.80. The summed E-state index contributed by atoms with van der Waals surface area (Å²) >= 11 is 0. The third kappa shape index (κ3) is 6.50. The predicted octanol–water partition coefficient (Wildman–Crippen LogP) is 6.89. The summed E-state index contributed by atoms with van der Waals surface area (Å²) in [6.07, 6.45) is 9.07. The first kappa shape index (κ1) is 28.1. The molecule has 41 heavy (non-hydrogen) atoms. The molecule has 1 amide bonds. The highest BCUT2D eigenvalue weighted by Gasteiger charge is 2.41. The van der Waals surface area contributed by atoms with Crippen LogP contribution in [0.25, 0.3) is 16.5 Å². The van der Waals surface area contributed by atoms with E-state index in [1.165, 1.54) is 0 Å². The van der Waals surface area contributed by atoms with E-state index in [0.29, 0.717) is 19.4 Å². The lowest BCUT2D eigenvalue weighted by Gasteiger charge is -2.40. The van der Waals surface area contributed by atoms with Crippen molar-refractivity contribution in [2.45, 2.75) is 57.3 Å².